The highest BCUT2D eigenvalue weighted by molar-refractivity contribution is 7.92. The summed E-state index contributed by atoms with van der Waals surface area (Å²) in [6.45, 7) is 1.08. The van der Waals surface area contributed by atoms with Gasteiger partial charge in [0.1, 0.15) is 23.9 Å². The van der Waals surface area contributed by atoms with E-state index in [9.17, 15) is 21.6 Å². The number of para-hydroxylation sites is 2. The van der Waals surface area contributed by atoms with E-state index in [0.29, 0.717) is 30.3 Å². The Hall–Kier alpha value is -3.81. The summed E-state index contributed by atoms with van der Waals surface area (Å²) in [5, 5.41) is 2.72. The first kappa shape index (κ1) is 28.7. The van der Waals surface area contributed by atoms with Crippen LogP contribution in [-0.4, -0.2) is 73.0 Å². The van der Waals surface area contributed by atoms with Gasteiger partial charge in [0.2, 0.25) is 10.0 Å². The van der Waals surface area contributed by atoms with E-state index < -0.39 is 32.1 Å². The summed E-state index contributed by atoms with van der Waals surface area (Å²) in [4.78, 5) is 13.3. The second-order valence-corrected chi connectivity index (χ2v) is 13.3. The minimum absolute atomic E-state index is 0.0572. The molecule has 0 aromatic heterocycles. The molecule has 13 heteroatoms. The molecule has 1 N–H and O–H groups in total. The van der Waals surface area contributed by atoms with Crippen molar-refractivity contribution in [3.05, 3.63) is 72.8 Å². The Bertz CT molecular complexity index is 1590. The lowest BCUT2D eigenvalue weighted by Gasteiger charge is -2.34. The van der Waals surface area contributed by atoms with Crippen LogP contribution < -0.4 is 23.8 Å². The molecule has 0 unspecified atom stereocenters. The minimum Gasteiger partial charge on any atom is -0.497 e. The number of benzene rings is 3. The van der Waals surface area contributed by atoms with Gasteiger partial charge in [-0.25, -0.2) is 16.8 Å². The zero-order valence-electron chi connectivity index (χ0n) is 22.4. The minimum atomic E-state index is -4.00. The number of nitrogens with one attached hydrogen (secondary N) is 1. The summed E-state index contributed by atoms with van der Waals surface area (Å²) >= 11 is 0. The van der Waals surface area contributed by atoms with Crippen LogP contribution in [0.15, 0.2) is 82.6 Å². The Morgan fingerprint density at radius 3 is 2.15 bits per heavy atom. The Labute approximate surface area is 239 Å². The van der Waals surface area contributed by atoms with Crippen molar-refractivity contribution < 1.29 is 35.8 Å². The fourth-order valence-corrected chi connectivity index (χ4v) is 7.68. The maximum Gasteiger partial charge on any atom is 0.264 e. The number of amides is 1. The molecule has 0 radical (unpaired) electrons. The van der Waals surface area contributed by atoms with Gasteiger partial charge in [0.25, 0.3) is 15.9 Å². The van der Waals surface area contributed by atoms with Gasteiger partial charge in [0.05, 0.1) is 35.7 Å². The standard InChI is InChI=1S/C28H31N3O8S2/c1-37-21-8-12-24(13-9-21)41(35,36)31-20-27(39-26-7-3-2-6-25(26)31)28(32)29-16-19-38-22-10-14-23(15-11-22)40(33,34)30-17-4-5-18-30/h2-3,6-15,27H,4-5,16-20H2,1H3,(H,29,32)/t27-/m0/s1. The molecule has 0 bridgehead atoms. The predicted molar refractivity (Wildman–Crippen MR) is 151 cm³/mol. The highest BCUT2D eigenvalue weighted by Gasteiger charge is 2.37. The van der Waals surface area contributed by atoms with E-state index in [4.69, 9.17) is 14.2 Å². The average Bonchev–Trinajstić information content (AvgIpc) is 3.55. The van der Waals surface area contributed by atoms with Crippen LogP contribution in [0.5, 0.6) is 17.2 Å². The third kappa shape index (κ3) is 6.11. The van der Waals surface area contributed by atoms with Gasteiger partial charge in [0.15, 0.2) is 6.10 Å². The molecular formula is C28H31N3O8S2. The van der Waals surface area contributed by atoms with Gasteiger partial charge in [-0.1, -0.05) is 12.1 Å². The lowest BCUT2D eigenvalue weighted by atomic mass is 10.2. The normalized spacial score (nSPS) is 17.4. The number of nitrogens with zero attached hydrogens (tertiary/aromatic N) is 2. The molecule has 3 aromatic carbocycles. The lowest BCUT2D eigenvalue weighted by molar-refractivity contribution is -0.127. The number of methoxy groups -OCH3 is 1. The van der Waals surface area contributed by atoms with Crippen LogP contribution in [0.2, 0.25) is 0 Å². The zero-order valence-corrected chi connectivity index (χ0v) is 24.1. The average molecular weight is 602 g/mol. The topological polar surface area (TPSA) is 132 Å². The summed E-state index contributed by atoms with van der Waals surface area (Å²) in [6.07, 6.45) is 0.635. The number of fused-ring (bicyclic) bond motifs is 1. The zero-order chi connectivity index (χ0) is 29.0. The van der Waals surface area contributed by atoms with Gasteiger partial charge in [-0.2, -0.15) is 4.31 Å². The van der Waals surface area contributed by atoms with Crippen molar-refractivity contribution in [2.45, 2.75) is 28.7 Å². The molecule has 3 aromatic rings. The quantitative estimate of drug-likeness (QED) is 0.351. The van der Waals surface area contributed by atoms with Crippen LogP contribution in [0, 0.1) is 0 Å². The number of rotatable bonds is 10. The molecule has 2 aliphatic rings. The molecule has 0 spiro atoms. The lowest BCUT2D eigenvalue weighted by Crippen LogP contribution is -2.51. The van der Waals surface area contributed by atoms with Crippen LogP contribution >= 0.6 is 0 Å². The van der Waals surface area contributed by atoms with Crippen LogP contribution in [-0.2, 0) is 24.8 Å². The number of sulfonamides is 2. The Balaban J connectivity index is 1.19. The first-order valence-electron chi connectivity index (χ1n) is 13.1. The van der Waals surface area contributed by atoms with E-state index in [0.717, 1.165) is 12.8 Å². The molecule has 1 saturated heterocycles. The monoisotopic (exact) mass is 601 g/mol. The first-order valence-corrected chi connectivity index (χ1v) is 16.0. The van der Waals surface area contributed by atoms with Crippen molar-refractivity contribution in [2.24, 2.45) is 0 Å². The third-order valence-electron chi connectivity index (χ3n) is 6.87. The van der Waals surface area contributed by atoms with Crippen molar-refractivity contribution in [2.75, 3.05) is 44.2 Å². The number of carbonyl (C=O) groups excluding carboxylic acids is 1. The smallest absolute Gasteiger partial charge is 0.264 e. The van der Waals surface area contributed by atoms with Crippen molar-refractivity contribution >= 4 is 31.6 Å². The number of hydrogen-bond donors (Lipinski definition) is 1. The summed E-state index contributed by atoms with van der Waals surface area (Å²) in [7, 11) is -6.01. The van der Waals surface area contributed by atoms with Gasteiger partial charge >= 0.3 is 0 Å². The fourth-order valence-electron chi connectivity index (χ4n) is 4.68. The second kappa shape index (κ2) is 12.0. The molecule has 5 rings (SSSR count). The maximum absolute atomic E-state index is 13.5. The van der Waals surface area contributed by atoms with Gasteiger partial charge in [-0.05, 0) is 73.5 Å². The van der Waals surface area contributed by atoms with Crippen molar-refractivity contribution in [1.82, 2.24) is 9.62 Å². The molecule has 0 aliphatic carbocycles. The predicted octanol–water partition coefficient (Wildman–Crippen LogP) is 2.63. The molecular weight excluding hydrogens is 570 g/mol. The Kier molecular flexibility index (Phi) is 8.38. The summed E-state index contributed by atoms with van der Waals surface area (Å²) in [5.74, 6) is 0.759. The van der Waals surface area contributed by atoms with Crippen LogP contribution in [0.4, 0.5) is 5.69 Å². The van der Waals surface area contributed by atoms with E-state index in [2.05, 4.69) is 5.32 Å². The van der Waals surface area contributed by atoms with Crippen LogP contribution in [0.1, 0.15) is 12.8 Å². The van der Waals surface area contributed by atoms with E-state index in [1.807, 2.05) is 0 Å². The largest absolute Gasteiger partial charge is 0.497 e. The van der Waals surface area contributed by atoms with Gasteiger partial charge in [0, 0.05) is 13.1 Å². The second-order valence-electron chi connectivity index (χ2n) is 9.51. The molecule has 1 fully saturated rings. The van der Waals surface area contributed by atoms with E-state index >= 15 is 0 Å². The van der Waals surface area contributed by atoms with Crippen molar-refractivity contribution in [3.8, 4) is 17.2 Å². The van der Waals surface area contributed by atoms with Crippen LogP contribution in [0.3, 0.4) is 0 Å². The Morgan fingerprint density at radius 2 is 1.49 bits per heavy atom. The molecule has 1 amide bonds. The van der Waals surface area contributed by atoms with Crippen molar-refractivity contribution in [1.29, 1.82) is 0 Å². The number of hydrogen-bond acceptors (Lipinski definition) is 8. The molecule has 218 valence electrons. The number of ether oxygens (including phenoxy) is 3. The molecule has 2 aliphatic heterocycles. The van der Waals surface area contributed by atoms with Crippen LogP contribution in [0.25, 0.3) is 0 Å². The first-order chi connectivity index (χ1) is 19.7. The third-order valence-corrected chi connectivity index (χ3v) is 10.6. The molecule has 2 heterocycles. The van der Waals surface area contributed by atoms with E-state index in [1.54, 1.807) is 48.5 Å². The Morgan fingerprint density at radius 1 is 0.878 bits per heavy atom. The molecule has 1 atom stereocenters. The summed E-state index contributed by atoms with van der Waals surface area (Å²) < 4.78 is 71.7. The molecule has 41 heavy (non-hydrogen) atoms. The fraction of sp³-hybridized carbons (Fsp3) is 0.321. The van der Waals surface area contributed by atoms with Gasteiger partial charge in [-0.15, -0.1) is 0 Å². The van der Waals surface area contributed by atoms with Gasteiger partial charge in [-0.3, -0.25) is 9.10 Å². The van der Waals surface area contributed by atoms with E-state index in [1.165, 1.54) is 40.0 Å². The molecule has 0 saturated carbocycles. The number of anilines is 1. The number of carbonyl (C=O) groups is 1. The summed E-state index contributed by atoms with van der Waals surface area (Å²) in [6, 6.07) is 18.8. The SMILES string of the molecule is COc1ccc(S(=O)(=O)N2C[C@@H](C(=O)NCCOc3ccc(S(=O)(=O)N4CCCC4)cc3)Oc3ccccc32)cc1. The van der Waals surface area contributed by atoms with E-state index in [-0.39, 0.29) is 35.2 Å². The van der Waals surface area contributed by atoms with Gasteiger partial charge < -0.3 is 19.5 Å². The summed E-state index contributed by atoms with van der Waals surface area (Å²) in [5.41, 5.74) is 0.339. The molecule has 11 nitrogen and oxygen atoms in total. The highest BCUT2D eigenvalue weighted by Crippen LogP contribution is 2.37. The van der Waals surface area contributed by atoms with Crippen molar-refractivity contribution in [3.63, 3.8) is 0 Å². The highest BCUT2D eigenvalue weighted by atomic mass is 32.2. The maximum atomic E-state index is 13.5.